The van der Waals surface area contributed by atoms with E-state index < -0.39 is 5.54 Å². The van der Waals surface area contributed by atoms with Crippen LogP contribution in [-0.4, -0.2) is 23.9 Å². The van der Waals surface area contributed by atoms with Crippen molar-refractivity contribution >= 4 is 0 Å². The first-order chi connectivity index (χ1) is 7.04. The van der Waals surface area contributed by atoms with E-state index in [2.05, 4.69) is 10.1 Å². The standard InChI is InChI=1S/C10H19N3O2/c1-5-8-12-9(13-15-8)10(11,6-14-4)7(2)3/h7H,5-6,11H2,1-4H3. The molecule has 1 aromatic rings. The molecule has 0 bridgehead atoms. The zero-order valence-corrected chi connectivity index (χ0v) is 9.78. The highest BCUT2D eigenvalue weighted by Crippen LogP contribution is 2.24. The monoisotopic (exact) mass is 213 g/mol. The van der Waals surface area contributed by atoms with Gasteiger partial charge in [0.1, 0.15) is 5.54 Å². The first-order valence-electron chi connectivity index (χ1n) is 5.15. The van der Waals surface area contributed by atoms with Crippen LogP contribution in [0.4, 0.5) is 0 Å². The van der Waals surface area contributed by atoms with E-state index in [-0.39, 0.29) is 5.92 Å². The second-order valence-corrected chi connectivity index (χ2v) is 3.99. The van der Waals surface area contributed by atoms with E-state index in [0.29, 0.717) is 24.7 Å². The van der Waals surface area contributed by atoms with Crippen LogP contribution in [0.1, 0.15) is 32.5 Å². The van der Waals surface area contributed by atoms with Crippen molar-refractivity contribution in [2.75, 3.05) is 13.7 Å². The van der Waals surface area contributed by atoms with Gasteiger partial charge in [-0.1, -0.05) is 25.9 Å². The molecule has 0 spiro atoms. The highest BCUT2D eigenvalue weighted by Gasteiger charge is 2.36. The molecule has 86 valence electrons. The zero-order chi connectivity index (χ0) is 11.5. The van der Waals surface area contributed by atoms with E-state index in [1.54, 1.807) is 7.11 Å². The number of methoxy groups -OCH3 is 1. The second kappa shape index (κ2) is 4.72. The van der Waals surface area contributed by atoms with Crippen LogP contribution in [0.15, 0.2) is 4.52 Å². The molecule has 0 aromatic carbocycles. The molecule has 0 fully saturated rings. The summed E-state index contributed by atoms with van der Waals surface area (Å²) in [4.78, 5) is 4.26. The number of rotatable bonds is 5. The number of aromatic nitrogens is 2. The Balaban J connectivity index is 2.98. The molecule has 0 aliphatic heterocycles. The van der Waals surface area contributed by atoms with Crippen molar-refractivity contribution in [2.45, 2.75) is 32.7 Å². The molecule has 15 heavy (non-hydrogen) atoms. The first-order valence-corrected chi connectivity index (χ1v) is 5.15. The Bertz CT molecular complexity index is 311. The van der Waals surface area contributed by atoms with E-state index in [4.69, 9.17) is 15.0 Å². The van der Waals surface area contributed by atoms with Gasteiger partial charge in [0, 0.05) is 13.5 Å². The molecule has 2 N–H and O–H groups in total. The van der Waals surface area contributed by atoms with Crippen molar-refractivity contribution in [3.8, 4) is 0 Å². The zero-order valence-electron chi connectivity index (χ0n) is 9.78. The second-order valence-electron chi connectivity index (χ2n) is 3.99. The summed E-state index contributed by atoms with van der Waals surface area (Å²) in [6, 6.07) is 0. The van der Waals surface area contributed by atoms with Gasteiger partial charge >= 0.3 is 0 Å². The number of nitrogens with two attached hydrogens (primary N) is 1. The number of aryl methyl sites for hydroxylation is 1. The fourth-order valence-corrected chi connectivity index (χ4v) is 1.32. The molecule has 1 aromatic heterocycles. The molecule has 0 amide bonds. The molecule has 1 heterocycles. The maximum atomic E-state index is 6.23. The fraction of sp³-hybridized carbons (Fsp3) is 0.800. The molecule has 1 rings (SSSR count). The Hall–Kier alpha value is -0.940. The van der Waals surface area contributed by atoms with Gasteiger partial charge in [0.25, 0.3) is 0 Å². The topological polar surface area (TPSA) is 74.2 Å². The lowest BCUT2D eigenvalue weighted by molar-refractivity contribution is 0.0965. The third kappa shape index (κ3) is 2.35. The summed E-state index contributed by atoms with van der Waals surface area (Å²) in [6.07, 6.45) is 0.716. The van der Waals surface area contributed by atoms with Crippen molar-refractivity contribution in [1.82, 2.24) is 10.1 Å². The lowest BCUT2D eigenvalue weighted by atomic mass is 9.87. The third-order valence-electron chi connectivity index (χ3n) is 2.60. The number of hydrogen-bond acceptors (Lipinski definition) is 5. The van der Waals surface area contributed by atoms with Gasteiger partial charge in [-0.15, -0.1) is 0 Å². The summed E-state index contributed by atoms with van der Waals surface area (Å²) in [5, 5.41) is 3.91. The number of nitrogens with zero attached hydrogens (tertiary/aromatic N) is 2. The van der Waals surface area contributed by atoms with Crippen molar-refractivity contribution in [1.29, 1.82) is 0 Å². The van der Waals surface area contributed by atoms with Gasteiger partial charge in [0.15, 0.2) is 5.82 Å². The molecule has 5 nitrogen and oxygen atoms in total. The largest absolute Gasteiger partial charge is 0.382 e. The normalized spacial score (nSPS) is 15.6. The van der Waals surface area contributed by atoms with Crippen molar-refractivity contribution < 1.29 is 9.26 Å². The molecule has 0 radical (unpaired) electrons. The summed E-state index contributed by atoms with van der Waals surface area (Å²) in [5.41, 5.74) is 5.56. The molecule has 5 heteroatoms. The number of hydrogen-bond donors (Lipinski definition) is 1. The molecular weight excluding hydrogens is 194 g/mol. The van der Waals surface area contributed by atoms with Gasteiger partial charge in [0.2, 0.25) is 5.89 Å². The Morgan fingerprint density at radius 1 is 1.53 bits per heavy atom. The van der Waals surface area contributed by atoms with Gasteiger partial charge in [0.05, 0.1) is 6.61 Å². The van der Waals surface area contributed by atoms with Gasteiger partial charge in [-0.2, -0.15) is 4.98 Å². The minimum atomic E-state index is -0.675. The van der Waals surface area contributed by atoms with Gasteiger partial charge in [-0.05, 0) is 5.92 Å². The highest BCUT2D eigenvalue weighted by molar-refractivity contribution is 5.05. The van der Waals surface area contributed by atoms with E-state index in [1.165, 1.54) is 0 Å². The van der Waals surface area contributed by atoms with Crippen LogP contribution < -0.4 is 5.73 Å². The molecule has 1 atom stereocenters. The quantitative estimate of drug-likeness (QED) is 0.792. The van der Waals surface area contributed by atoms with Crippen LogP contribution in [0.3, 0.4) is 0 Å². The first kappa shape index (κ1) is 12.1. The Kier molecular flexibility index (Phi) is 3.82. The Morgan fingerprint density at radius 3 is 2.60 bits per heavy atom. The minimum absolute atomic E-state index is 0.180. The van der Waals surface area contributed by atoms with Crippen LogP contribution in [0, 0.1) is 5.92 Å². The average molecular weight is 213 g/mol. The van der Waals surface area contributed by atoms with Crippen LogP contribution in [0.5, 0.6) is 0 Å². The molecule has 0 saturated carbocycles. The lowest BCUT2D eigenvalue weighted by Gasteiger charge is -2.29. The maximum absolute atomic E-state index is 6.23. The average Bonchev–Trinajstić information content (AvgIpc) is 2.66. The predicted molar refractivity (Wildman–Crippen MR) is 56.3 cm³/mol. The van der Waals surface area contributed by atoms with E-state index in [1.807, 2.05) is 20.8 Å². The summed E-state index contributed by atoms with van der Waals surface area (Å²) in [5.74, 6) is 1.31. The van der Waals surface area contributed by atoms with Crippen LogP contribution in [0.25, 0.3) is 0 Å². The van der Waals surface area contributed by atoms with Gasteiger partial charge < -0.3 is 15.0 Å². The van der Waals surface area contributed by atoms with Crippen molar-refractivity contribution in [3.63, 3.8) is 0 Å². The number of ether oxygens (including phenoxy) is 1. The van der Waals surface area contributed by atoms with Gasteiger partial charge in [-0.3, -0.25) is 0 Å². The maximum Gasteiger partial charge on any atom is 0.226 e. The third-order valence-corrected chi connectivity index (χ3v) is 2.60. The Labute approximate surface area is 90.0 Å². The summed E-state index contributed by atoms with van der Waals surface area (Å²) < 4.78 is 10.2. The summed E-state index contributed by atoms with van der Waals surface area (Å²) in [7, 11) is 1.62. The van der Waals surface area contributed by atoms with Gasteiger partial charge in [-0.25, -0.2) is 0 Å². The molecule has 1 unspecified atom stereocenters. The lowest BCUT2D eigenvalue weighted by Crippen LogP contribution is -2.47. The molecule has 0 aliphatic rings. The highest BCUT2D eigenvalue weighted by atomic mass is 16.5. The Morgan fingerprint density at radius 2 is 2.20 bits per heavy atom. The van der Waals surface area contributed by atoms with E-state index >= 15 is 0 Å². The molecule has 0 saturated heterocycles. The smallest absolute Gasteiger partial charge is 0.226 e. The van der Waals surface area contributed by atoms with E-state index in [9.17, 15) is 0 Å². The van der Waals surface area contributed by atoms with Crippen LogP contribution >= 0.6 is 0 Å². The van der Waals surface area contributed by atoms with Crippen molar-refractivity contribution in [3.05, 3.63) is 11.7 Å². The van der Waals surface area contributed by atoms with Crippen LogP contribution in [-0.2, 0) is 16.7 Å². The summed E-state index contributed by atoms with van der Waals surface area (Å²) >= 11 is 0. The minimum Gasteiger partial charge on any atom is -0.382 e. The van der Waals surface area contributed by atoms with Crippen LogP contribution in [0.2, 0.25) is 0 Å². The molecular formula is C10H19N3O2. The fourth-order valence-electron chi connectivity index (χ4n) is 1.32. The predicted octanol–water partition coefficient (Wildman–Crippen LogP) is 1.09. The SMILES string of the molecule is CCc1nc(C(N)(COC)C(C)C)no1. The summed E-state index contributed by atoms with van der Waals surface area (Å²) in [6.45, 7) is 6.37. The van der Waals surface area contributed by atoms with E-state index in [0.717, 1.165) is 0 Å². The van der Waals surface area contributed by atoms with Crippen molar-refractivity contribution in [2.24, 2.45) is 11.7 Å². The molecule has 0 aliphatic carbocycles.